The molecule has 0 aliphatic carbocycles. The maximum Gasteiger partial charge on any atom is 0.333 e. The van der Waals surface area contributed by atoms with Crippen LogP contribution in [0.1, 0.15) is 24.5 Å². The van der Waals surface area contributed by atoms with Gasteiger partial charge in [-0.05, 0) is 61.0 Å². The van der Waals surface area contributed by atoms with Gasteiger partial charge in [0.1, 0.15) is 17.2 Å². The summed E-state index contributed by atoms with van der Waals surface area (Å²) in [5.74, 6) is -1.21. The van der Waals surface area contributed by atoms with Crippen LogP contribution in [0.5, 0.6) is 0 Å². The second-order valence-corrected chi connectivity index (χ2v) is 9.59. The van der Waals surface area contributed by atoms with Crippen LogP contribution in [0.2, 0.25) is 0 Å². The van der Waals surface area contributed by atoms with Crippen molar-refractivity contribution in [3.05, 3.63) is 132 Å². The number of hydrogen-bond acceptors (Lipinski definition) is 6. The fourth-order valence-electron chi connectivity index (χ4n) is 5.43. The summed E-state index contributed by atoms with van der Waals surface area (Å²) in [4.78, 5) is 14.0. The first-order chi connectivity index (χ1) is 19.5. The Balaban J connectivity index is 1.62. The second kappa shape index (κ2) is 10.4. The molecule has 2 aliphatic rings. The van der Waals surface area contributed by atoms with Crippen molar-refractivity contribution < 1.29 is 18.3 Å². The van der Waals surface area contributed by atoms with Crippen LogP contribution in [0.4, 0.5) is 20.2 Å². The van der Waals surface area contributed by atoms with E-state index in [4.69, 9.17) is 14.9 Å². The molecule has 0 aromatic heterocycles. The molecule has 4 aromatic rings. The number of halogens is 2. The van der Waals surface area contributed by atoms with Gasteiger partial charge >= 0.3 is 5.97 Å². The largest absolute Gasteiger partial charge is 0.464 e. The van der Waals surface area contributed by atoms with Crippen LogP contribution in [0.25, 0.3) is 0 Å². The van der Waals surface area contributed by atoms with E-state index in [1.165, 1.54) is 24.3 Å². The van der Waals surface area contributed by atoms with Gasteiger partial charge < -0.3 is 4.74 Å². The van der Waals surface area contributed by atoms with E-state index in [9.17, 15) is 13.6 Å². The summed E-state index contributed by atoms with van der Waals surface area (Å²) in [6.45, 7) is 1.94. The number of benzene rings is 4. The van der Waals surface area contributed by atoms with E-state index in [1.54, 1.807) is 36.2 Å². The quantitative estimate of drug-likeness (QED) is 0.277. The Kier molecular flexibility index (Phi) is 6.59. The van der Waals surface area contributed by atoms with E-state index in [0.29, 0.717) is 22.7 Å². The zero-order valence-corrected chi connectivity index (χ0v) is 21.7. The molecule has 0 radical (unpaired) electrons. The van der Waals surface area contributed by atoms with E-state index < -0.39 is 17.6 Å². The van der Waals surface area contributed by atoms with Crippen LogP contribution in [-0.4, -0.2) is 35.6 Å². The normalized spacial score (nSPS) is 20.0. The number of carbonyl (C=O) groups excluding carboxylic acids is 1. The molecule has 2 atom stereocenters. The molecule has 4 aromatic carbocycles. The first-order valence-electron chi connectivity index (χ1n) is 13.1. The van der Waals surface area contributed by atoms with Gasteiger partial charge in [-0.1, -0.05) is 60.7 Å². The summed E-state index contributed by atoms with van der Waals surface area (Å²) < 4.78 is 33.6. The predicted octanol–water partition coefficient (Wildman–Crippen LogP) is 6.17. The molecular formula is C32H26F2N4O2. The number of hydrogen-bond donors (Lipinski definition) is 0. The van der Waals surface area contributed by atoms with Crippen molar-refractivity contribution in [2.45, 2.75) is 24.9 Å². The lowest BCUT2D eigenvalue weighted by molar-refractivity contribution is -0.145. The standard InChI is InChI=1S/C32H26F2N4O2/c1-2-40-31(39)30-32(29(23-15-19-25(34)20-16-23)36-37(30)26-9-5-3-6-10-26)21-28(22-13-17-24(33)18-14-22)35-38(32)27-11-7-4-8-12-27/h3-20,30H,2,21H2,1H3/t30-,32-/m1/s1. The zero-order valence-electron chi connectivity index (χ0n) is 21.7. The van der Waals surface area contributed by atoms with Crippen LogP contribution in [-0.2, 0) is 9.53 Å². The van der Waals surface area contributed by atoms with E-state index >= 15 is 0 Å². The summed E-state index contributed by atoms with van der Waals surface area (Å²) in [5, 5.41) is 13.6. The van der Waals surface area contributed by atoms with Gasteiger partial charge in [-0.3, -0.25) is 0 Å². The third kappa shape index (κ3) is 4.31. The van der Waals surface area contributed by atoms with Gasteiger partial charge in [0.05, 0.1) is 29.4 Å². The third-order valence-electron chi connectivity index (χ3n) is 7.18. The van der Waals surface area contributed by atoms with Crippen LogP contribution in [0.15, 0.2) is 119 Å². The van der Waals surface area contributed by atoms with E-state index in [2.05, 4.69) is 0 Å². The molecule has 0 bridgehead atoms. The van der Waals surface area contributed by atoms with Gasteiger partial charge in [0.25, 0.3) is 0 Å². The average Bonchev–Trinajstić information content (AvgIpc) is 3.54. The maximum absolute atomic E-state index is 14.1. The maximum atomic E-state index is 14.1. The molecular weight excluding hydrogens is 510 g/mol. The van der Waals surface area contributed by atoms with Gasteiger partial charge in [0, 0.05) is 12.0 Å². The summed E-state index contributed by atoms with van der Waals surface area (Å²) in [6.07, 6.45) is 0.260. The fourth-order valence-corrected chi connectivity index (χ4v) is 5.43. The fraction of sp³-hybridized carbons (Fsp3) is 0.156. The lowest BCUT2D eigenvalue weighted by Crippen LogP contribution is -2.62. The molecule has 0 saturated carbocycles. The van der Waals surface area contributed by atoms with Gasteiger partial charge in [-0.15, -0.1) is 0 Å². The zero-order chi connectivity index (χ0) is 27.7. The van der Waals surface area contributed by atoms with Gasteiger partial charge in [-0.25, -0.2) is 23.6 Å². The molecule has 0 amide bonds. The summed E-state index contributed by atoms with van der Waals surface area (Å²) in [6, 6.07) is 30.1. The molecule has 0 fully saturated rings. The number of nitrogens with zero attached hydrogens (tertiary/aromatic N) is 4. The van der Waals surface area contributed by atoms with Gasteiger partial charge in [-0.2, -0.15) is 10.2 Å². The number of ether oxygens (including phenoxy) is 1. The van der Waals surface area contributed by atoms with Crippen molar-refractivity contribution in [3.8, 4) is 0 Å². The minimum atomic E-state index is -1.18. The first-order valence-corrected chi connectivity index (χ1v) is 13.1. The lowest BCUT2D eigenvalue weighted by Gasteiger charge is -2.40. The molecule has 1 spiro atoms. The Morgan fingerprint density at radius 1 is 0.800 bits per heavy atom. The minimum Gasteiger partial charge on any atom is -0.464 e. The van der Waals surface area contributed by atoms with E-state index in [1.807, 2.05) is 65.7 Å². The van der Waals surface area contributed by atoms with Crippen molar-refractivity contribution in [1.29, 1.82) is 0 Å². The van der Waals surface area contributed by atoms with Crippen molar-refractivity contribution in [2.24, 2.45) is 10.2 Å². The summed E-state index contributed by atoms with van der Waals surface area (Å²) in [7, 11) is 0. The van der Waals surface area contributed by atoms with Crippen molar-refractivity contribution in [1.82, 2.24) is 0 Å². The predicted molar refractivity (Wildman–Crippen MR) is 151 cm³/mol. The highest BCUT2D eigenvalue weighted by molar-refractivity contribution is 6.20. The molecule has 40 heavy (non-hydrogen) atoms. The topological polar surface area (TPSA) is 57.5 Å². The summed E-state index contributed by atoms with van der Waals surface area (Å²) in [5.41, 5.74) is 2.82. The third-order valence-corrected chi connectivity index (χ3v) is 7.18. The average molecular weight is 537 g/mol. The molecule has 0 saturated heterocycles. The monoisotopic (exact) mass is 536 g/mol. The number of rotatable bonds is 6. The Morgan fingerprint density at radius 2 is 1.35 bits per heavy atom. The Hall–Kier alpha value is -4.85. The van der Waals surface area contributed by atoms with Crippen LogP contribution < -0.4 is 10.0 Å². The SMILES string of the molecule is CCOC(=O)[C@H]1N(c2ccccc2)N=C(c2ccc(F)cc2)[C@]12CC(c1ccc(F)cc1)=NN2c1ccccc1. The highest BCUT2D eigenvalue weighted by Crippen LogP contribution is 2.46. The number of para-hydroxylation sites is 2. The molecule has 2 heterocycles. The number of esters is 1. The van der Waals surface area contributed by atoms with E-state index in [0.717, 1.165) is 11.3 Å². The number of anilines is 2. The second-order valence-electron chi connectivity index (χ2n) is 9.59. The molecule has 6 nitrogen and oxygen atoms in total. The van der Waals surface area contributed by atoms with Crippen molar-refractivity contribution >= 4 is 28.8 Å². The minimum absolute atomic E-state index is 0.178. The van der Waals surface area contributed by atoms with Crippen LogP contribution in [0, 0.1) is 11.6 Å². The van der Waals surface area contributed by atoms with Crippen LogP contribution >= 0.6 is 0 Å². The summed E-state index contributed by atoms with van der Waals surface area (Å²) >= 11 is 0. The van der Waals surface area contributed by atoms with E-state index in [-0.39, 0.29) is 24.7 Å². The highest BCUT2D eigenvalue weighted by Gasteiger charge is 2.63. The molecule has 200 valence electrons. The molecule has 0 N–H and O–H groups in total. The highest BCUT2D eigenvalue weighted by atomic mass is 19.1. The Labute approximate surface area is 230 Å². The molecule has 2 aliphatic heterocycles. The number of hydrazone groups is 2. The molecule has 6 rings (SSSR count). The molecule has 0 unspecified atom stereocenters. The number of carbonyl (C=O) groups is 1. The van der Waals surface area contributed by atoms with Crippen LogP contribution in [0.3, 0.4) is 0 Å². The lowest BCUT2D eigenvalue weighted by atomic mass is 9.77. The Bertz CT molecular complexity index is 1580. The van der Waals surface area contributed by atoms with Gasteiger partial charge in [0.15, 0.2) is 6.04 Å². The van der Waals surface area contributed by atoms with Gasteiger partial charge in [0.2, 0.25) is 0 Å². The Morgan fingerprint density at radius 3 is 1.93 bits per heavy atom. The molecule has 8 heteroatoms. The van der Waals surface area contributed by atoms with Crippen molar-refractivity contribution in [2.75, 3.05) is 16.6 Å². The first kappa shape index (κ1) is 25.4. The smallest absolute Gasteiger partial charge is 0.333 e. The van der Waals surface area contributed by atoms with Crippen molar-refractivity contribution in [3.63, 3.8) is 0 Å².